The first kappa shape index (κ1) is 16.2. The number of aryl methyl sites for hydroxylation is 1. The van der Waals surface area contributed by atoms with Gasteiger partial charge in [0.25, 0.3) is 5.91 Å². The van der Waals surface area contributed by atoms with Crippen molar-refractivity contribution in [3.63, 3.8) is 0 Å². The molecule has 2 N–H and O–H groups in total. The number of aliphatic carboxylic acids is 1. The lowest BCUT2D eigenvalue weighted by Gasteiger charge is -2.30. The SMILES string of the molecule is CCc1nc(-c2ccc(C(=O)N3CCC(C(=O)O)CC3)cc2)n[nH]1. The minimum atomic E-state index is -0.774. The number of benzene rings is 1. The second kappa shape index (κ2) is 6.82. The van der Waals surface area contributed by atoms with Crippen LogP contribution in [0.15, 0.2) is 24.3 Å². The molecule has 0 saturated carbocycles. The van der Waals surface area contributed by atoms with E-state index in [1.165, 1.54) is 0 Å². The number of carbonyl (C=O) groups is 2. The van der Waals surface area contributed by atoms with Gasteiger partial charge in [0.05, 0.1) is 5.92 Å². The molecule has 1 fully saturated rings. The highest BCUT2D eigenvalue weighted by Crippen LogP contribution is 2.21. The van der Waals surface area contributed by atoms with E-state index in [4.69, 9.17) is 5.11 Å². The van der Waals surface area contributed by atoms with E-state index in [2.05, 4.69) is 15.2 Å². The first-order chi connectivity index (χ1) is 11.6. The number of carboxylic acid groups (broad SMARTS) is 1. The molecule has 0 atom stereocenters. The number of aromatic nitrogens is 3. The molecule has 0 spiro atoms. The lowest BCUT2D eigenvalue weighted by atomic mass is 9.96. The second-order valence-electron chi connectivity index (χ2n) is 5.94. The summed E-state index contributed by atoms with van der Waals surface area (Å²) < 4.78 is 0. The summed E-state index contributed by atoms with van der Waals surface area (Å²) in [7, 11) is 0. The van der Waals surface area contributed by atoms with Gasteiger partial charge in [0, 0.05) is 30.6 Å². The van der Waals surface area contributed by atoms with Crippen molar-refractivity contribution in [1.82, 2.24) is 20.1 Å². The summed E-state index contributed by atoms with van der Waals surface area (Å²) >= 11 is 0. The van der Waals surface area contributed by atoms with Crippen LogP contribution in [-0.2, 0) is 11.2 Å². The van der Waals surface area contributed by atoms with Crippen LogP contribution in [0.1, 0.15) is 35.9 Å². The third-order valence-electron chi connectivity index (χ3n) is 4.39. The van der Waals surface area contributed by atoms with Gasteiger partial charge in [-0.1, -0.05) is 19.1 Å². The summed E-state index contributed by atoms with van der Waals surface area (Å²) in [6, 6.07) is 7.20. The van der Waals surface area contributed by atoms with Crippen LogP contribution in [0.3, 0.4) is 0 Å². The smallest absolute Gasteiger partial charge is 0.306 e. The normalized spacial score (nSPS) is 15.5. The van der Waals surface area contributed by atoms with E-state index in [0.717, 1.165) is 17.8 Å². The van der Waals surface area contributed by atoms with Crippen molar-refractivity contribution in [2.24, 2.45) is 5.92 Å². The molecule has 2 heterocycles. The molecule has 126 valence electrons. The standard InChI is InChI=1S/C17H20N4O3/c1-2-14-18-15(20-19-14)11-3-5-12(6-4-11)16(22)21-9-7-13(8-10-21)17(23)24/h3-6,13H,2,7-10H2,1H3,(H,23,24)(H,18,19,20). The zero-order valence-electron chi connectivity index (χ0n) is 13.5. The fourth-order valence-corrected chi connectivity index (χ4v) is 2.86. The molecular formula is C17H20N4O3. The molecule has 1 aromatic heterocycles. The van der Waals surface area contributed by atoms with E-state index >= 15 is 0 Å². The van der Waals surface area contributed by atoms with Gasteiger partial charge in [0.2, 0.25) is 0 Å². The highest BCUT2D eigenvalue weighted by molar-refractivity contribution is 5.94. The molecule has 24 heavy (non-hydrogen) atoms. The number of piperidine rings is 1. The van der Waals surface area contributed by atoms with Crippen LogP contribution < -0.4 is 0 Å². The molecule has 0 aliphatic carbocycles. The summed E-state index contributed by atoms with van der Waals surface area (Å²) in [6.45, 7) is 2.97. The van der Waals surface area contributed by atoms with Crippen molar-refractivity contribution < 1.29 is 14.7 Å². The summed E-state index contributed by atoms with van der Waals surface area (Å²) in [5.41, 5.74) is 1.45. The zero-order chi connectivity index (χ0) is 17.1. The Morgan fingerprint density at radius 2 is 1.92 bits per heavy atom. The van der Waals surface area contributed by atoms with Crippen molar-refractivity contribution in [3.05, 3.63) is 35.7 Å². The number of aromatic amines is 1. The van der Waals surface area contributed by atoms with Crippen molar-refractivity contribution in [1.29, 1.82) is 0 Å². The maximum atomic E-state index is 12.5. The Morgan fingerprint density at radius 1 is 1.25 bits per heavy atom. The maximum Gasteiger partial charge on any atom is 0.306 e. The van der Waals surface area contributed by atoms with E-state index in [0.29, 0.717) is 37.3 Å². The molecule has 1 aliphatic heterocycles. The molecule has 0 radical (unpaired) electrons. The monoisotopic (exact) mass is 328 g/mol. The van der Waals surface area contributed by atoms with E-state index in [1.807, 2.05) is 19.1 Å². The number of nitrogens with one attached hydrogen (secondary N) is 1. The molecular weight excluding hydrogens is 308 g/mol. The van der Waals surface area contributed by atoms with E-state index in [1.54, 1.807) is 17.0 Å². The number of amides is 1. The van der Waals surface area contributed by atoms with E-state index in [9.17, 15) is 9.59 Å². The highest BCUT2D eigenvalue weighted by atomic mass is 16.4. The fraction of sp³-hybridized carbons (Fsp3) is 0.412. The van der Waals surface area contributed by atoms with Crippen LogP contribution in [0.25, 0.3) is 11.4 Å². The number of nitrogens with zero attached hydrogens (tertiary/aromatic N) is 3. The summed E-state index contributed by atoms with van der Waals surface area (Å²) in [5.74, 6) is 0.272. The average molecular weight is 328 g/mol. The first-order valence-electron chi connectivity index (χ1n) is 8.12. The molecule has 2 aromatic rings. The Morgan fingerprint density at radius 3 is 2.46 bits per heavy atom. The Bertz CT molecular complexity index is 731. The van der Waals surface area contributed by atoms with Crippen LogP contribution in [0, 0.1) is 5.92 Å². The minimum Gasteiger partial charge on any atom is -0.481 e. The summed E-state index contributed by atoms with van der Waals surface area (Å²) in [4.78, 5) is 29.6. The zero-order valence-corrected chi connectivity index (χ0v) is 13.5. The topological polar surface area (TPSA) is 99.2 Å². The van der Waals surface area contributed by atoms with Crippen LogP contribution in [-0.4, -0.2) is 50.2 Å². The lowest BCUT2D eigenvalue weighted by Crippen LogP contribution is -2.40. The summed E-state index contributed by atoms with van der Waals surface area (Å²) in [6.07, 6.45) is 1.81. The molecule has 7 heteroatoms. The second-order valence-corrected chi connectivity index (χ2v) is 5.94. The van der Waals surface area contributed by atoms with Crippen molar-refractivity contribution >= 4 is 11.9 Å². The van der Waals surface area contributed by atoms with E-state index < -0.39 is 5.97 Å². The molecule has 1 amide bonds. The third-order valence-corrected chi connectivity index (χ3v) is 4.39. The minimum absolute atomic E-state index is 0.0605. The van der Waals surface area contributed by atoms with Crippen LogP contribution in [0.2, 0.25) is 0 Å². The largest absolute Gasteiger partial charge is 0.481 e. The highest BCUT2D eigenvalue weighted by Gasteiger charge is 2.27. The Kier molecular flexibility index (Phi) is 4.59. The first-order valence-corrected chi connectivity index (χ1v) is 8.12. The van der Waals surface area contributed by atoms with E-state index in [-0.39, 0.29) is 11.8 Å². The number of carbonyl (C=O) groups excluding carboxylic acids is 1. The van der Waals surface area contributed by atoms with Gasteiger partial charge in [0.15, 0.2) is 5.82 Å². The number of hydrogen-bond donors (Lipinski definition) is 2. The molecule has 1 aromatic carbocycles. The van der Waals surface area contributed by atoms with Gasteiger partial charge in [0.1, 0.15) is 5.82 Å². The van der Waals surface area contributed by atoms with Gasteiger partial charge in [-0.3, -0.25) is 14.7 Å². The average Bonchev–Trinajstić information content (AvgIpc) is 3.10. The quantitative estimate of drug-likeness (QED) is 0.894. The predicted molar refractivity (Wildman–Crippen MR) is 87.5 cm³/mol. The number of H-pyrrole nitrogens is 1. The number of hydrogen-bond acceptors (Lipinski definition) is 4. The molecule has 1 saturated heterocycles. The van der Waals surface area contributed by atoms with Gasteiger partial charge in [-0.05, 0) is 25.0 Å². The van der Waals surface area contributed by atoms with Gasteiger partial charge in [-0.2, -0.15) is 5.10 Å². The Balaban J connectivity index is 1.67. The number of carboxylic acids is 1. The Labute approximate surface area is 139 Å². The van der Waals surface area contributed by atoms with Crippen molar-refractivity contribution in [2.45, 2.75) is 26.2 Å². The lowest BCUT2D eigenvalue weighted by molar-refractivity contribution is -0.143. The van der Waals surface area contributed by atoms with Crippen molar-refractivity contribution in [2.75, 3.05) is 13.1 Å². The molecule has 0 unspecified atom stereocenters. The van der Waals surface area contributed by atoms with Crippen LogP contribution in [0.4, 0.5) is 0 Å². The molecule has 3 rings (SSSR count). The van der Waals surface area contributed by atoms with Crippen molar-refractivity contribution in [3.8, 4) is 11.4 Å². The predicted octanol–water partition coefficient (Wildman–Crippen LogP) is 1.97. The number of rotatable bonds is 4. The maximum absolute atomic E-state index is 12.5. The fourth-order valence-electron chi connectivity index (χ4n) is 2.86. The number of likely N-dealkylation sites (tertiary alicyclic amines) is 1. The summed E-state index contributed by atoms with van der Waals surface area (Å²) in [5, 5.41) is 16.1. The van der Waals surface area contributed by atoms with Gasteiger partial charge >= 0.3 is 5.97 Å². The molecule has 0 bridgehead atoms. The van der Waals surface area contributed by atoms with Gasteiger partial charge in [-0.15, -0.1) is 0 Å². The van der Waals surface area contributed by atoms with Crippen LogP contribution >= 0.6 is 0 Å². The molecule has 1 aliphatic rings. The van der Waals surface area contributed by atoms with Gasteiger partial charge in [-0.25, -0.2) is 4.98 Å². The Hall–Kier alpha value is -2.70. The molecule has 7 nitrogen and oxygen atoms in total. The van der Waals surface area contributed by atoms with Gasteiger partial charge < -0.3 is 10.0 Å². The third kappa shape index (κ3) is 3.29. The van der Waals surface area contributed by atoms with Crippen LogP contribution in [0.5, 0.6) is 0 Å².